The second-order valence-corrected chi connectivity index (χ2v) is 7.39. The summed E-state index contributed by atoms with van der Waals surface area (Å²) in [4.78, 5) is 0.105. The number of sulfonamides is 1. The second kappa shape index (κ2) is 5.69. The number of rotatable bonds is 4. The number of hydrogen-bond donors (Lipinski definition) is 0. The van der Waals surface area contributed by atoms with Gasteiger partial charge in [-0.2, -0.15) is 5.10 Å². The molecule has 0 bridgehead atoms. The minimum Gasteiger partial charge on any atom is -0.495 e. The molecule has 0 saturated carbocycles. The Bertz CT molecular complexity index is 771. The molecule has 2 aromatic rings. The summed E-state index contributed by atoms with van der Waals surface area (Å²) in [5.74, 6) is 0.312. The molecule has 0 amide bonds. The third-order valence-electron chi connectivity index (χ3n) is 3.14. The van der Waals surface area contributed by atoms with Crippen LogP contribution in [0.4, 0.5) is 5.69 Å². The van der Waals surface area contributed by atoms with Gasteiger partial charge in [-0.3, -0.25) is 8.99 Å². The fourth-order valence-electron chi connectivity index (χ4n) is 1.86. The fourth-order valence-corrected chi connectivity index (χ4v) is 3.68. The van der Waals surface area contributed by atoms with Gasteiger partial charge in [-0.15, -0.1) is 0 Å². The first kappa shape index (κ1) is 15.8. The van der Waals surface area contributed by atoms with Crippen molar-refractivity contribution in [1.82, 2.24) is 9.78 Å². The topological polar surface area (TPSA) is 64.4 Å². The van der Waals surface area contributed by atoms with Gasteiger partial charge in [-0.25, -0.2) is 8.42 Å². The Morgan fingerprint density at radius 3 is 2.57 bits per heavy atom. The van der Waals surface area contributed by atoms with Crippen molar-refractivity contribution in [2.24, 2.45) is 7.05 Å². The van der Waals surface area contributed by atoms with Crippen LogP contribution in [0.3, 0.4) is 0 Å². The first-order valence-corrected chi connectivity index (χ1v) is 8.32. The third kappa shape index (κ3) is 2.91. The number of methoxy groups -OCH3 is 1. The van der Waals surface area contributed by atoms with Gasteiger partial charge in [0.25, 0.3) is 10.0 Å². The van der Waals surface area contributed by atoms with Crippen molar-refractivity contribution in [2.45, 2.75) is 11.8 Å². The molecule has 0 aliphatic heterocycles. The molecule has 0 unspecified atom stereocenters. The number of aryl methyl sites for hydroxylation is 2. The van der Waals surface area contributed by atoms with Gasteiger partial charge < -0.3 is 4.74 Å². The van der Waals surface area contributed by atoms with E-state index < -0.39 is 10.0 Å². The summed E-state index contributed by atoms with van der Waals surface area (Å²) in [6.07, 6.45) is 3.13. The molecule has 0 atom stereocenters. The summed E-state index contributed by atoms with van der Waals surface area (Å²) in [6, 6.07) is 3.24. The molecule has 2 rings (SSSR count). The van der Waals surface area contributed by atoms with E-state index in [1.54, 1.807) is 30.1 Å². The normalized spacial score (nSPS) is 11.5. The van der Waals surface area contributed by atoms with Crippen LogP contribution in [0.15, 0.2) is 33.9 Å². The molecule has 0 aliphatic rings. The molecule has 0 saturated heterocycles. The maximum absolute atomic E-state index is 12.8. The number of hydrogen-bond acceptors (Lipinski definition) is 4. The molecule has 0 spiro atoms. The number of aromatic nitrogens is 2. The zero-order chi connectivity index (χ0) is 15.8. The molecule has 1 aromatic carbocycles. The summed E-state index contributed by atoms with van der Waals surface area (Å²) in [6.45, 7) is 1.87. The van der Waals surface area contributed by atoms with Crippen LogP contribution in [0, 0.1) is 6.92 Å². The van der Waals surface area contributed by atoms with E-state index in [0.29, 0.717) is 15.9 Å². The molecule has 1 aromatic heterocycles. The highest BCUT2D eigenvalue weighted by Gasteiger charge is 2.27. The van der Waals surface area contributed by atoms with Crippen molar-refractivity contribution in [3.05, 3.63) is 34.6 Å². The molecule has 0 radical (unpaired) electrons. The molecule has 0 N–H and O–H groups in total. The summed E-state index contributed by atoms with van der Waals surface area (Å²) in [5.41, 5.74) is 1.38. The van der Waals surface area contributed by atoms with Crippen molar-refractivity contribution in [1.29, 1.82) is 0 Å². The molecule has 0 aliphatic carbocycles. The average Bonchev–Trinajstić information content (AvgIpc) is 2.86. The van der Waals surface area contributed by atoms with Crippen LogP contribution < -0.4 is 9.04 Å². The molecule has 6 nitrogen and oxygen atoms in total. The van der Waals surface area contributed by atoms with Gasteiger partial charge in [0, 0.05) is 24.8 Å². The number of nitrogens with zero attached hydrogens (tertiary/aromatic N) is 3. The molecule has 21 heavy (non-hydrogen) atoms. The number of halogens is 1. The largest absolute Gasteiger partial charge is 0.495 e. The van der Waals surface area contributed by atoms with E-state index >= 15 is 0 Å². The molecular weight excluding hydrogens is 358 g/mol. The van der Waals surface area contributed by atoms with Crippen LogP contribution in [0.2, 0.25) is 0 Å². The lowest BCUT2D eigenvalue weighted by Gasteiger charge is -2.19. The second-order valence-electron chi connectivity index (χ2n) is 4.60. The third-order valence-corrected chi connectivity index (χ3v) is 5.80. The van der Waals surface area contributed by atoms with E-state index in [1.807, 2.05) is 6.92 Å². The van der Waals surface area contributed by atoms with Gasteiger partial charge >= 0.3 is 0 Å². The van der Waals surface area contributed by atoms with E-state index in [-0.39, 0.29) is 4.90 Å². The van der Waals surface area contributed by atoms with Crippen molar-refractivity contribution >= 4 is 31.6 Å². The van der Waals surface area contributed by atoms with Crippen LogP contribution in [0.25, 0.3) is 0 Å². The van der Waals surface area contributed by atoms with E-state index in [0.717, 1.165) is 5.56 Å². The molecule has 1 heterocycles. The highest BCUT2D eigenvalue weighted by Crippen LogP contribution is 2.33. The van der Waals surface area contributed by atoms with Crippen LogP contribution in [0.1, 0.15) is 5.56 Å². The highest BCUT2D eigenvalue weighted by atomic mass is 79.9. The Hall–Kier alpha value is -1.54. The minimum absolute atomic E-state index is 0.105. The molecule has 8 heteroatoms. The van der Waals surface area contributed by atoms with Gasteiger partial charge in [0.05, 0.1) is 19.0 Å². The summed E-state index contributed by atoms with van der Waals surface area (Å²) in [5, 5.41) is 3.99. The Labute approximate surface area is 132 Å². The maximum atomic E-state index is 12.8. The van der Waals surface area contributed by atoms with Gasteiger partial charge in [0.15, 0.2) is 0 Å². The van der Waals surface area contributed by atoms with E-state index in [4.69, 9.17) is 4.74 Å². The zero-order valence-electron chi connectivity index (χ0n) is 12.2. The Balaban J connectivity index is 2.56. The quantitative estimate of drug-likeness (QED) is 0.824. The van der Waals surface area contributed by atoms with Crippen molar-refractivity contribution in [2.75, 3.05) is 18.5 Å². The summed E-state index contributed by atoms with van der Waals surface area (Å²) in [7, 11) is 0.929. The standard InChI is InChI=1S/C13H16BrN3O3S/c1-9-5-12(20-4)13(6-11(9)14)21(18,19)17(3)10-7-15-16(2)8-10/h5-8H,1-4H3. The first-order valence-electron chi connectivity index (χ1n) is 6.09. The minimum atomic E-state index is -3.74. The van der Waals surface area contributed by atoms with Crippen molar-refractivity contribution in [3.8, 4) is 5.75 Å². The maximum Gasteiger partial charge on any atom is 0.267 e. The lowest BCUT2D eigenvalue weighted by molar-refractivity contribution is 0.402. The lowest BCUT2D eigenvalue weighted by Crippen LogP contribution is -2.26. The van der Waals surface area contributed by atoms with Gasteiger partial charge in [-0.1, -0.05) is 15.9 Å². The Morgan fingerprint density at radius 2 is 2.05 bits per heavy atom. The van der Waals surface area contributed by atoms with Crippen molar-refractivity contribution < 1.29 is 13.2 Å². The Kier molecular flexibility index (Phi) is 4.29. The van der Waals surface area contributed by atoms with E-state index in [1.165, 1.54) is 24.7 Å². The van der Waals surface area contributed by atoms with Gasteiger partial charge in [0.2, 0.25) is 0 Å². The van der Waals surface area contributed by atoms with Crippen LogP contribution >= 0.6 is 15.9 Å². The smallest absolute Gasteiger partial charge is 0.267 e. The molecular formula is C13H16BrN3O3S. The Morgan fingerprint density at radius 1 is 1.38 bits per heavy atom. The fraction of sp³-hybridized carbons (Fsp3) is 0.308. The highest BCUT2D eigenvalue weighted by molar-refractivity contribution is 9.10. The number of ether oxygens (including phenoxy) is 1. The van der Waals surface area contributed by atoms with Gasteiger partial charge in [-0.05, 0) is 24.6 Å². The summed E-state index contributed by atoms with van der Waals surface area (Å²) >= 11 is 3.36. The molecule has 0 fully saturated rings. The average molecular weight is 374 g/mol. The number of benzene rings is 1. The predicted molar refractivity (Wildman–Crippen MR) is 84.2 cm³/mol. The van der Waals surface area contributed by atoms with Gasteiger partial charge in [0.1, 0.15) is 10.6 Å². The van der Waals surface area contributed by atoms with Crippen LogP contribution in [-0.4, -0.2) is 32.4 Å². The monoisotopic (exact) mass is 373 g/mol. The van der Waals surface area contributed by atoms with E-state index in [2.05, 4.69) is 21.0 Å². The summed E-state index contributed by atoms with van der Waals surface area (Å²) < 4.78 is 34.2. The predicted octanol–water partition coefficient (Wildman–Crippen LogP) is 2.32. The van der Waals surface area contributed by atoms with Crippen molar-refractivity contribution in [3.63, 3.8) is 0 Å². The van der Waals surface area contributed by atoms with Crippen LogP contribution in [-0.2, 0) is 17.1 Å². The lowest BCUT2D eigenvalue weighted by atomic mass is 10.2. The SMILES string of the molecule is COc1cc(C)c(Br)cc1S(=O)(=O)N(C)c1cnn(C)c1. The van der Waals surface area contributed by atoms with Crippen LogP contribution in [0.5, 0.6) is 5.75 Å². The molecule has 114 valence electrons. The zero-order valence-corrected chi connectivity index (χ0v) is 14.6. The number of anilines is 1. The van der Waals surface area contributed by atoms with E-state index in [9.17, 15) is 8.42 Å². The first-order chi connectivity index (χ1) is 9.77.